The molecule has 0 bridgehead atoms. The number of benzene rings is 2. The minimum absolute atomic E-state index is 0.0427. The van der Waals surface area contributed by atoms with E-state index in [2.05, 4.69) is 31.4 Å². The Balaban J connectivity index is 0.000000890. The molecule has 0 spiro atoms. The van der Waals surface area contributed by atoms with Crippen LogP contribution in [0.25, 0.3) is 0 Å². The average molecular weight is 485 g/mol. The first-order chi connectivity index (χ1) is 15.5. The SMILES string of the molecule is CC(C)C.O=C(O)N[C@@H](Cc1cc(F)cc(F)c1)[C@H](O)CNC1CS(=O)Oc2ccccc21. The van der Waals surface area contributed by atoms with Gasteiger partial charge in [0.15, 0.2) is 0 Å². The number of amides is 1. The van der Waals surface area contributed by atoms with Gasteiger partial charge in [0.05, 0.1) is 23.9 Å². The number of para-hydroxylation sites is 1. The number of rotatable bonds is 7. The highest BCUT2D eigenvalue weighted by Crippen LogP contribution is 2.30. The lowest BCUT2D eigenvalue weighted by Gasteiger charge is -2.28. The summed E-state index contributed by atoms with van der Waals surface area (Å²) in [5.41, 5.74) is 0.979. The highest BCUT2D eigenvalue weighted by Gasteiger charge is 2.28. The third kappa shape index (κ3) is 9.07. The van der Waals surface area contributed by atoms with Crippen LogP contribution in [0.15, 0.2) is 42.5 Å². The molecule has 2 aromatic rings. The maximum absolute atomic E-state index is 13.4. The first kappa shape index (κ1) is 26.7. The molecule has 1 aliphatic rings. The number of fused-ring (bicyclic) bond motifs is 1. The van der Waals surface area contributed by atoms with Crippen molar-refractivity contribution in [1.29, 1.82) is 0 Å². The van der Waals surface area contributed by atoms with Crippen molar-refractivity contribution < 1.29 is 32.2 Å². The van der Waals surface area contributed by atoms with Crippen molar-refractivity contribution in [1.82, 2.24) is 10.6 Å². The van der Waals surface area contributed by atoms with Gasteiger partial charge >= 0.3 is 6.09 Å². The standard InChI is InChI=1S/C19H20F2N2O5S.C4H10/c20-12-5-11(6-13(21)8-12)7-15(23-19(25)26)17(24)9-22-16-10-29(27)28-18-4-2-1-3-14(16)18;1-4(2)3/h1-6,8,15-17,22-24H,7,9-10H2,(H,25,26);4H,1-3H3/t15-,16?,17+,29?;/m0./s1. The Morgan fingerprint density at radius 3 is 2.39 bits per heavy atom. The van der Waals surface area contributed by atoms with Gasteiger partial charge in [-0.05, 0) is 36.1 Å². The molecular formula is C23H30F2N2O5S. The molecule has 2 aromatic carbocycles. The Morgan fingerprint density at radius 1 is 1.18 bits per heavy atom. The fraction of sp³-hybridized carbons (Fsp3) is 0.435. The molecule has 0 aromatic heterocycles. The predicted octanol–water partition coefficient (Wildman–Crippen LogP) is 3.55. The zero-order valence-corrected chi connectivity index (χ0v) is 19.6. The molecule has 0 radical (unpaired) electrons. The van der Waals surface area contributed by atoms with Crippen LogP contribution in [0.1, 0.15) is 37.9 Å². The van der Waals surface area contributed by atoms with Crippen LogP contribution in [-0.4, -0.2) is 45.0 Å². The molecule has 7 nitrogen and oxygen atoms in total. The van der Waals surface area contributed by atoms with Crippen LogP contribution in [0.2, 0.25) is 0 Å². The van der Waals surface area contributed by atoms with Crippen molar-refractivity contribution in [2.45, 2.75) is 45.4 Å². The second kappa shape index (κ2) is 12.6. The number of nitrogens with one attached hydrogen (secondary N) is 2. The highest BCUT2D eigenvalue weighted by atomic mass is 32.2. The van der Waals surface area contributed by atoms with Gasteiger partial charge < -0.3 is 25.0 Å². The number of carbonyl (C=O) groups is 1. The van der Waals surface area contributed by atoms with Crippen LogP contribution in [0.4, 0.5) is 13.6 Å². The summed E-state index contributed by atoms with van der Waals surface area (Å²) >= 11 is -1.54. The Hall–Kier alpha value is -2.56. The summed E-state index contributed by atoms with van der Waals surface area (Å²) in [5.74, 6) is -0.110. The summed E-state index contributed by atoms with van der Waals surface area (Å²) in [6, 6.07) is 8.53. The van der Waals surface area contributed by atoms with E-state index in [4.69, 9.17) is 9.29 Å². The summed E-state index contributed by atoms with van der Waals surface area (Å²) in [6.07, 6.45) is -2.69. The zero-order chi connectivity index (χ0) is 24.5. The lowest BCUT2D eigenvalue weighted by Crippen LogP contribution is -2.49. The molecule has 10 heteroatoms. The topological polar surface area (TPSA) is 108 Å². The first-order valence-electron chi connectivity index (χ1n) is 10.6. The number of hydrogen-bond donors (Lipinski definition) is 4. The van der Waals surface area contributed by atoms with E-state index in [1.165, 1.54) is 0 Å². The number of aliphatic hydroxyl groups is 1. The minimum Gasteiger partial charge on any atom is -0.465 e. The van der Waals surface area contributed by atoms with Gasteiger partial charge in [-0.15, -0.1) is 0 Å². The third-order valence-electron chi connectivity index (χ3n) is 4.50. The molecule has 2 unspecified atom stereocenters. The molecule has 0 saturated carbocycles. The van der Waals surface area contributed by atoms with Crippen LogP contribution in [0, 0.1) is 17.6 Å². The molecule has 1 amide bonds. The van der Waals surface area contributed by atoms with Crippen molar-refractivity contribution in [2.24, 2.45) is 5.92 Å². The Kier molecular flexibility index (Phi) is 10.2. The van der Waals surface area contributed by atoms with Crippen molar-refractivity contribution in [3.63, 3.8) is 0 Å². The number of aliphatic hydroxyl groups excluding tert-OH is 1. The molecule has 3 rings (SSSR count). The molecule has 33 heavy (non-hydrogen) atoms. The lowest BCUT2D eigenvalue weighted by molar-refractivity contribution is 0.115. The maximum Gasteiger partial charge on any atom is 0.404 e. The second-order valence-corrected chi connectivity index (χ2v) is 9.50. The van der Waals surface area contributed by atoms with Crippen molar-refractivity contribution in [3.8, 4) is 5.75 Å². The summed E-state index contributed by atoms with van der Waals surface area (Å²) in [7, 11) is 0. The van der Waals surface area contributed by atoms with E-state index < -0.39 is 41.0 Å². The van der Waals surface area contributed by atoms with Gasteiger partial charge in [0, 0.05) is 18.2 Å². The Bertz CT molecular complexity index is 937. The quantitative estimate of drug-likeness (QED) is 0.479. The van der Waals surface area contributed by atoms with Gasteiger partial charge in [-0.2, -0.15) is 0 Å². The molecule has 182 valence electrons. The summed E-state index contributed by atoms with van der Waals surface area (Å²) in [6.45, 7) is 6.46. The Morgan fingerprint density at radius 2 is 1.79 bits per heavy atom. The average Bonchev–Trinajstić information content (AvgIpc) is 2.69. The van der Waals surface area contributed by atoms with Crippen LogP contribution in [0.3, 0.4) is 0 Å². The smallest absolute Gasteiger partial charge is 0.404 e. The number of carboxylic acid groups (broad SMARTS) is 1. The monoisotopic (exact) mass is 484 g/mol. The first-order valence-corrected chi connectivity index (χ1v) is 11.8. The summed E-state index contributed by atoms with van der Waals surface area (Å²) in [5, 5.41) is 24.8. The lowest BCUT2D eigenvalue weighted by atomic mass is 10.00. The third-order valence-corrected chi connectivity index (χ3v) is 5.48. The van der Waals surface area contributed by atoms with E-state index in [1.807, 2.05) is 0 Å². The van der Waals surface area contributed by atoms with Crippen LogP contribution in [-0.2, 0) is 17.5 Å². The second-order valence-electron chi connectivity index (χ2n) is 8.39. The van der Waals surface area contributed by atoms with Crippen LogP contribution < -0.4 is 14.8 Å². The van der Waals surface area contributed by atoms with Crippen molar-refractivity contribution >= 4 is 17.2 Å². The zero-order valence-electron chi connectivity index (χ0n) is 18.8. The molecule has 0 aliphatic carbocycles. The van der Waals surface area contributed by atoms with Gasteiger partial charge in [-0.25, -0.2) is 17.8 Å². The Labute approximate surface area is 194 Å². The molecule has 1 aliphatic heterocycles. The molecule has 4 atom stereocenters. The largest absolute Gasteiger partial charge is 0.465 e. The van der Waals surface area contributed by atoms with Gasteiger partial charge in [0.1, 0.15) is 17.4 Å². The normalized spacial score (nSPS) is 18.9. The van der Waals surface area contributed by atoms with Gasteiger partial charge in [-0.1, -0.05) is 39.0 Å². The van der Waals surface area contributed by atoms with Gasteiger partial charge in [-0.3, -0.25) is 0 Å². The fourth-order valence-corrected chi connectivity index (χ4v) is 4.19. The molecule has 0 fully saturated rings. The van der Waals surface area contributed by atoms with E-state index in [1.54, 1.807) is 24.3 Å². The number of halogens is 2. The molecule has 0 saturated heterocycles. The van der Waals surface area contributed by atoms with E-state index in [9.17, 15) is 22.9 Å². The maximum atomic E-state index is 13.4. The van der Waals surface area contributed by atoms with E-state index in [-0.39, 0.29) is 30.3 Å². The molecule has 4 N–H and O–H groups in total. The molecular weight excluding hydrogens is 454 g/mol. The summed E-state index contributed by atoms with van der Waals surface area (Å²) in [4.78, 5) is 11.1. The predicted molar refractivity (Wildman–Crippen MR) is 122 cm³/mol. The minimum atomic E-state index is -1.54. The van der Waals surface area contributed by atoms with Crippen LogP contribution >= 0.6 is 0 Å². The van der Waals surface area contributed by atoms with E-state index in [0.29, 0.717) is 11.8 Å². The highest BCUT2D eigenvalue weighted by molar-refractivity contribution is 7.80. The number of hydrogen-bond acceptors (Lipinski definition) is 5. The van der Waals surface area contributed by atoms with Crippen molar-refractivity contribution in [3.05, 3.63) is 65.2 Å². The van der Waals surface area contributed by atoms with Crippen molar-refractivity contribution in [2.75, 3.05) is 12.3 Å². The van der Waals surface area contributed by atoms with E-state index in [0.717, 1.165) is 23.6 Å². The van der Waals surface area contributed by atoms with Gasteiger partial charge in [0.2, 0.25) is 11.1 Å². The fourth-order valence-electron chi connectivity index (χ4n) is 3.20. The molecule has 1 heterocycles. The van der Waals surface area contributed by atoms with Gasteiger partial charge in [0.25, 0.3) is 0 Å². The van der Waals surface area contributed by atoms with Crippen LogP contribution in [0.5, 0.6) is 5.75 Å². The van der Waals surface area contributed by atoms with E-state index >= 15 is 0 Å². The summed E-state index contributed by atoms with van der Waals surface area (Å²) < 4.78 is 44.0.